The molecule has 0 atom stereocenters. The van der Waals surface area contributed by atoms with Gasteiger partial charge in [0.2, 0.25) is 0 Å². The van der Waals surface area contributed by atoms with E-state index in [0.717, 1.165) is 18.2 Å². The van der Waals surface area contributed by atoms with Crippen molar-refractivity contribution in [3.63, 3.8) is 0 Å². The minimum Gasteiger partial charge on any atom is -0.399 e. The van der Waals surface area contributed by atoms with Crippen LogP contribution in [-0.2, 0) is 13.1 Å². The lowest BCUT2D eigenvalue weighted by atomic mass is 10.1. The predicted octanol–water partition coefficient (Wildman–Crippen LogP) is 3.57. The molecule has 0 aromatic heterocycles. The first kappa shape index (κ1) is 14.5. The Morgan fingerprint density at radius 3 is 2.50 bits per heavy atom. The first-order valence-electron chi connectivity index (χ1n) is 6.59. The average Bonchev–Trinajstić information content (AvgIpc) is 2.41. The van der Waals surface area contributed by atoms with E-state index in [4.69, 9.17) is 5.73 Å². The molecule has 2 aromatic rings. The first-order chi connectivity index (χ1) is 9.58. The van der Waals surface area contributed by atoms with E-state index >= 15 is 0 Å². The van der Waals surface area contributed by atoms with E-state index in [-0.39, 0.29) is 0 Å². The molecule has 2 N–H and O–H groups in total. The van der Waals surface area contributed by atoms with E-state index in [2.05, 4.69) is 4.90 Å². The van der Waals surface area contributed by atoms with Gasteiger partial charge in [-0.1, -0.05) is 25.1 Å². The highest BCUT2D eigenvalue weighted by molar-refractivity contribution is 5.40. The van der Waals surface area contributed by atoms with Gasteiger partial charge >= 0.3 is 0 Å². The van der Waals surface area contributed by atoms with Crippen LogP contribution in [0.25, 0.3) is 0 Å². The summed E-state index contributed by atoms with van der Waals surface area (Å²) in [5.41, 5.74) is 8.04. The van der Waals surface area contributed by atoms with Crippen LogP contribution < -0.4 is 5.73 Å². The van der Waals surface area contributed by atoms with Gasteiger partial charge in [0.25, 0.3) is 0 Å². The van der Waals surface area contributed by atoms with Crippen LogP contribution in [0.4, 0.5) is 14.5 Å². The highest BCUT2D eigenvalue weighted by Gasteiger charge is 2.09. The summed E-state index contributed by atoms with van der Waals surface area (Å²) in [6.45, 7) is 3.90. The minimum absolute atomic E-state index is 0.442. The maximum Gasteiger partial charge on any atom is 0.130 e. The molecule has 0 aliphatic heterocycles. The lowest BCUT2D eigenvalue weighted by Gasteiger charge is -2.21. The SMILES string of the molecule is CCN(Cc1cccc(N)c1)Cc1ccc(F)cc1F. The molecule has 106 valence electrons. The molecule has 2 aromatic carbocycles. The molecule has 0 spiro atoms. The molecule has 0 aliphatic rings. The van der Waals surface area contributed by atoms with Crippen molar-refractivity contribution in [2.24, 2.45) is 0 Å². The van der Waals surface area contributed by atoms with Crippen molar-refractivity contribution in [2.75, 3.05) is 12.3 Å². The third-order valence-electron chi connectivity index (χ3n) is 3.21. The zero-order chi connectivity index (χ0) is 14.5. The van der Waals surface area contributed by atoms with Crippen LogP contribution in [0.1, 0.15) is 18.1 Å². The van der Waals surface area contributed by atoms with Crippen molar-refractivity contribution in [3.8, 4) is 0 Å². The van der Waals surface area contributed by atoms with Gasteiger partial charge < -0.3 is 5.73 Å². The molecule has 0 heterocycles. The summed E-state index contributed by atoms with van der Waals surface area (Å²) in [7, 11) is 0. The Labute approximate surface area is 117 Å². The number of rotatable bonds is 5. The summed E-state index contributed by atoms with van der Waals surface area (Å²) in [6.07, 6.45) is 0. The predicted molar refractivity (Wildman–Crippen MR) is 77.0 cm³/mol. The van der Waals surface area contributed by atoms with Crippen molar-refractivity contribution in [1.82, 2.24) is 4.90 Å². The molecule has 20 heavy (non-hydrogen) atoms. The number of nitrogens with zero attached hydrogens (tertiary/aromatic N) is 1. The minimum atomic E-state index is -0.551. The largest absolute Gasteiger partial charge is 0.399 e. The highest BCUT2D eigenvalue weighted by atomic mass is 19.1. The van der Waals surface area contributed by atoms with Gasteiger partial charge in [0.05, 0.1) is 0 Å². The fourth-order valence-electron chi connectivity index (χ4n) is 2.12. The molecule has 2 rings (SSSR count). The van der Waals surface area contributed by atoms with Crippen LogP contribution in [-0.4, -0.2) is 11.4 Å². The van der Waals surface area contributed by atoms with Gasteiger partial charge in [-0.2, -0.15) is 0 Å². The van der Waals surface area contributed by atoms with E-state index in [1.807, 2.05) is 31.2 Å². The van der Waals surface area contributed by atoms with Crippen LogP contribution in [0.15, 0.2) is 42.5 Å². The summed E-state index contributed by atoms with van der Waals surface area (Å²) < 4.78 is 26.6. The molecular weight excluding hydrogens is 258 g/mol. The Morgan fingerprint density at radius 2 is 1.85 bits per heavy atom. The van der Waals surface area contributed by atoms with Crippen LogP contribution in [0, 0.1) is 11.6 Å². The Kier molecular flexibility index (Phi) is 4.69. The van der Waals surface area contributed by atoms with Crippen LogP contribution >= 0.6 is 0 Å². The fourth-order valence-corrected chi connectivity index (χ4v) is 2.12. The maximum absolute atomic E-state index is 13.7. The van der Waals surface area contributed by atoms with Crippen molar-refractivity contribution >= 4 is 5.69 Å². The third-order valence-corrected chi connectivity index (χ3v) is 3.21. The molecule has 0 saturated carbocycles. The van der Waals surface area contributed by atoms with Gasteiger partial charge in [0.1, 0.15) is 11.6 Å². The number of hydrogen-bond acceptors (Lipinski definition) is 2. The average molecular weight is 276 g/mol. The van der Waals surface area contributed by atoms with Gasteiger partial charge in [-0.15, -0.1) is 0 Å². The van der Waals surface area contributed by atoms with E-state index in [1.54, 1.807) is 0 Å². The molecule has 0 amide bonds. The van der Waals surface area contributed by atoms with E-state index in [9.17, 15) is 8.78 Å². The van der Waals surface area contributed by atoms with E-state index in [1.165, 1.54) is 12.1 Å². The molecule has 2 nitrogen and oxygen atoms in total. The molecule has 0 unspecified atom stereocenters. The number of hydrogen-bond donors (Lipinski definition) is 1. The normalized spacial score (nSPS) is 11.0. The standard InChI is InChI=1S/C16H18F2N2/c1-2-20(10-12-4-3-5-15(19)8-12)11-13-6-7-14(17)9-16(13)18/h3-9H,2,10-11,19H2,1H3. The summed E-state index contributed by atoms with van der Waals surface area (Å²) >= 11 is 0. The molecule has 0 saturated heterocycles. The van der Waals surface area contributed by atoms with Crippen LogP contribution in [0.5, 0.6) is 0 Å². The van der Waals surface area contributed by atoms with Gasteiger partial charge in [-0.05, 0) is 30.3 Å². The summed E-state index contributed by atoms with van der Waals surface area (Å²) in [5, 5.41) is 0. The van der Waals surface area contributed by atoms with Crippen molar-refractivity contribution in [3.05, 3.63) is 65.2 Å². The number of benzene rings is 2. The van der Waals surface area contributed by atoms with Gasteiger partial charge in [0.15, 0.2) is 0 Å². The summed E-state index contributed by atoms with van der Waals surface area (Å²) in [4.78, 5) is 2.07. The monoisotopic (exact) mass is 276 g/mol. The lowest BCUT2D eigenvalue weighted by Crippen LogP contribution is -2.23. The van der Waals surface area contributed by atoms with E-state index < -0.39 is 11.6 Å². The zero-order valence-corrected chi connectivity index (χ0v) is 11.4. The number of anilines is 1. The molecule has 0 bridgehead atoms. The Balaban J connectivity index is 2.09. The maximum atomic E-state index is 13.7. The Hall–Kier alpha value is -1.94. The lowest BCUT2D eigenvalue weighted by molar-refractivity contribution is 0.267. The Morgan fingerprint density at radius 1 is 1.05 bits per heavy atom. The zero-order valence-electron chi connectivity index (χ0n) is 11.4. The summed E-state index contributed by atoms with van der Waals surface area (Å²) in [6, 6.07) is 11.3. The molecule has 4 heteroatoms. The molecule has 0 radical (unpaired) electrons. The second-order valence-electron chi connectivity index (χ2n) is 4.78. The molecule has 0 fully saturated rings. The first-order valence-corrected chi connectivity index (χ1v) is 6.59. The quantitative estimate of drug-likeness (QED) is 0.846. The van der Waals surface area contributed by atoms with Gasteiger partial charge in [-0.3, -0.25) is 4.90 Å². The fraction of sp³-hybridized carbons (Fsp3) is 0.250. The molecule has 0 aliphatic carbocycles. The molecular formula is C16H18F2N2. The van der Waals surface area contributed by atoms with Crippen LogP contribution in [0.3, 0.4) is 0 Å². The second-order valence-corrected chi connectivity index (χ2v) is 4.78. The summed E-state index contributed by atoms with van der Waals surface area (Å²) in [5.74, 6) is -1.05. The third kappa shape index (κ3) is 3.78. The van der Waals surface area contributed by atoms with Crippen molar-refractivity contribution in [1.29, 1.82) is 0 Å². The van der Waals surface area contributed by atoms with Crippen molar-refractivity contribution in [2.45, 2.75) is 20.0 Å². The van der Waals surface area contributed by atoms with Gasteiger partial charge in [0, 0.05) is 30.4 Å². The van der Waals surface area contributed by atoms with E-state index in [0.29, 0.717) is 24.3 Å². The number of nitrogen functional groups attached to an aromatic ring is 1. The highest BCUT2D eigenvalue weighted by Crippen LogP contribution is 2.15. The smallest absolute Gasteiger partial charge is 0.130 e. The van der Waals surface area contributed by atoms with Gasteiger partial charge in [-0.25, -0.2) is 8.78 Å². The number of nitrogens with two attached hydrogens (primary N) is 1. The topological polar surface area (TPSA) is 29.3 Å². The van der Waals surface area contributed by atoms with Crippen molar-refractivity contribution < 1.29 is 8.78 Å². The van der Waals surface area contributed by atoms with Crippen LogP contribution in [0.2, 0.25) is 0 Å². The number of halogens is 2. The second kappa shape index (κ2) is 6.48. The Bertz CT molecular complexity index is 584.